The summed E-state index contributed by atoms with van der Waals surface area (Å²) in [6, 6.07) is 7.19. The molecular formula is C15H19FIN3S. The van der Waals surface area contributed by atoms with Crippen molar-refractivity contribution in [3.05, 3.63) is 57.5 Å². The Morgan fingerprint density at radius 3 is 2.48 bits per heavy atom. The third kappa shape index (κ3) is 5.62. The van der Waals surface area contributed by atoms with Gasteiger partial charge in [0.1, 0.15) is 5.82 Å². The van der Waals surface area contributed by atoms with Gasteiger partial charge in [-0.1, -0.05) is 12.1 Å². The first-order chi connectivity index (χ1) is 9.69. The van der Waals surface area contributed by atoms with Crippen molar-refractivity contribution < 1.29 is 4.39 Å². The van der Waals surface area contributed by atoms with Crippen molar-refractivity contribution in [3.63, 3.8) is 0 Å². The van der Waals surface area contributed by atoms with E-state index >= 15 is 0 Å². The lowest BCUT2D eigenvalue weighted by atomic mass is 10.1. The fourth-order valence-electron chi connectivity index (χ4n) is 1.80. The summed E-state index contributed by atoms with van der Waals surface area (Å²) in [5, 5.41) is 10.6. The van der Waals surface area contributed by atoms with Gasteiger partial charge >= 0.3 is 0 Å². The topological polar surface area (TPSA) is 36.4 Å². The first kappa shape index (κ1) is 17.9. The summed E-state index contributed by atoms with van der Waals surface area (Å²) >= 11 is 1.68. The minimum atomic E-state index is -0.172. The third-order valence-corrected chi connectivity index (χ3v) is 3.68. The summed E-state index contributed by atoms with van der Waals surface area (Å²) < 4.78 is 13.2. The molecule has 3 nitrogen and oxygen atoms in total. The molecule has 0 amide bonds. The average Bonchev–Trinajstić information content (AvgIpc) is 2.96. The molecule has 0 bridgehead atoms. The van der Waals surface area contributed by atoms with Crippen LogP contribution in [0.15, 0.2) is 40.0 Å². The van der Waals surface area contributed by atoms with Crippen molar-refractivity contribution in [1.82, 2.24) is 10.6 Å². The van der Waals surface area contributed by atoms with Gasteiger partial charge in [0, 0.05) is 20.1 Å². The van der Waals surface area contributed by atoms with Crippen LogP contribution in [0.5, 0.6) is 0 Å². The summed E-state index contributed by atoms with van der Waals surface area (Å²) in [6.45, 7) is 3.12. The molecule has 114 valence electrons. The summed E-state index contributed by atoms with van der Waals surface area (Å²) in [7, 11) is 1.73. The van der Waals surface area contributed by atoms with Crippen LogP contribution in [0.1, 0.15) is 16.7 Å². The highest BCUT2D eigenvalue weighted by molar-refractivity contribution is 14.0. The number of benzene rings is 1. The van der Waals surface area contributed by atoms with Crippen LogP contribution in [0.3, 0.4) is 0 Å². The molecule has 2 rings (SSSR count). The Morgan fingerprint density at radius 2 is 1.90 bits per heavy atom. The monoisotopic (exact) mass is 419 g/mol. The summed E-state index contributed by atoms with van der Waals surface area (Å²) in [6.07, 6.45) is 0. The van der Waals surface area contributed by atoms with Gasteiger partial charge in [-0.05, 0) is 46.5 Å². The molecule has 0 saturated carbocycles. The number of rotatable bonds is 4. The Kier molecular flexibility index (Phi) is 7.66. The Labute approximate surface area is 145 Å². The molecule has 0 radical (unpaired) electrons. The molecule has 0 atom stereocenters. The number of halogens is 2. The van der Waals surface area contributed by atoms with Gasteiger partial charge < -0.3 is 10.6 Å². The number of guanidine groups is 1. The van der Waals surface area contributed by atoms with Gasteiger partial charge in [-0.25, -0.2) is 4.39 Å². The van der Waals surface area contributed by atoms with E-state index in [-0.39, 0.29) is 29.8 Å². The van der Waals surface area contributed by atoms with Gasteiger partial charge in [0.2, 0.25) is 0 Å². The fourth-order valence-corrected chi connectivity index (χ4v) is 2.47. The molecule has 0 saturated heterocycles. The van der Waals surface area contributed by atoms with Crippen molar-refractivity contribution in [2.24, 2.45) is 4.99 Å². The minimum absolute atomic E-state index is 0. The second kappa shape index (κ2) is 8.99. The molecule has 1 aromatic carbocycles. The van der Waals surface area contributed by atoms with Crippen LogP contribution >= 0.6 is 35.3 Å². The number of hydrogen-bond donors (Lipinski definition) is 2. The van der Waals surface area contributed by atoms with E-state index in [1.54, 1.807) is 31.4 Å². The molecule has 0 aliphatic rings. The Hall–Kier alpha value is -1.15. The molecular weight excluding hydrogens is 400 g/mol. The van der Waals surface area contributed by atoms with Gasteiger partial charge in [-0.15, -0.1) is 24.0 Å². The number of nitrogens with zero attached hydrogens (tertiary/aromatic N) is 1. The third-order valence-electron chi connectivity index (χ3n) is 2.95. The number of nitrogens with one attached hydrogen (secondary N) is 2. The molecule has 0 aliphatic carbocycles. The highest BCUT2D eigenvalue weighted by atomic mass is 127. The number of hydrogen-bond acceptors (Lipinski definition) is 2. The predicted molar refractivity (Wildman–Crippen MR) is 97.9 cm³/mol. The van der Waals surface area contributed by atoms with E-state index in [1.807, 2.05) is 6.07 Å². The molecule has 0 fully saturated rings. The predicted octanol–water partition coefficient (Wildman–Crippen LogP) is 3.68. The molecule has 0 aliphatic heterocycles. The van der Waals surface area contributed by atoms with Crippen molar-refractivity contribution in [3.8, 4) is 0 Å². The van der Waals surface area contributed by atoms with Crippen molar-refractivity contribution in [1.29, 1.82) is 0 Å². The van der Waals surface area contributed by atoms with Crippen molar-refractivity contribution in [2.75, 3.05) is 7.05 Å². The van der Waals surface area contributed by atoms with Gasteiger partial charge in [-0.2, -0.15) is 11.3 Å². The second-order valence-electron chi connectivity index (χ2n) is 4.49. The quantitative estimate of drug-likeness (QED) is 0.451. The van der Waals surface area contributed by atoms with Crippen LogP contribution in [0.2, 0.25) is 0 Å². The summed E-state index contributed by atoms with van der Waals surface area (Å²) in [5.41, 5.74) is 2.92. The smallest absolute Gasteiger partial charge is 0.191 e. The number of thiophene rings is 1. The van der Waals surface area contributed by atoms with Crippen LogP contribution in [0, 0.1) is 12.7 Å². The second-order valence-corrected chi connectivity index (χ2v) is 5.27. The van der Waals surface area contributed by atoms with Crippen LogP contribution in [0.4, 0.5) is 4.39 Å². The maximum absolute atomic E-state index is 13.2. The van der Waals surface area contributed by atoms with Crippen LogP contribution in [-0.4, -0.2) is 13.0 Å². The van der Waals surface area contributed by atoms with Gasteiger partial charge in [0.15, 0.2) is 5.96 Å². The van der Waals surface area contributed by atoms with Crippen LogP contribution < -0.4 is 10.6 Å². The zero-order chi connectivity index (χ0) is 14.4. The molecule has 1 aromatic heterocycles. The van der Waals surface area contributed by atoms with E-state index in [9.17, 15) is 4.39 Å². The first-order valence-corrected chi connectivity index (χ1v) is 7.34. The largest absolute Gasteiger partial charge is 0.352 e. The lowest BCUT2D eigenvalue weighted by Gasteiger charge is -2.11. The fraction of sp³-hybridized carbons (Fsp3) is 0.267. The molecule has 2 N–H and O–H groups in total. The Bertz CT molecular complexity index is 585. The average molecular weight is 419 g/mol. The van der Waals surface area contributed by atoms with E-state index in [1.165, 1.54) is 11.6 Å². The molecule has 6 heteroatoms. The van der Waals surface area contributed by atoms with Crippen molar-refractivity contribution >= 4 is 41.3 Å². The van der Waals surface area contributed by atoms with E-state index in [0.29, 0.717) is 12.1 Å². The minimum Gasteiger partial charge on any atom is -0.352 e. The highest BCUT2D eigenvalue weighted by Gasteiger charge is 2.01. The molecule has 21 heavy (non-hydrogen) atoms. The van der Waals surface area contributed by atoms with E-state index in [2.05, 4.69) is 32.5 Å². The van der Waals surface area contributed by atoms with Gasteiger partial charge in [0.05, 0.1) is 0 Å². The summed E-state index contributed by atoms with van der Waals surface area (Å²) in [4.78, 5) is 4.17. The first-order valence-electron chi connectivity index (χ1n) is 6.39. The maximum atomic E-state index is 13.2. The Balaban J connectivity index is 0.00000220. The number of aryl methyl sites for hydroxylation is 1. The lowest BCUT2D eigenvalue weighted by molar-refractivity contribution is 0.617. The SMILES string of the molecule is CN=C(NCc1ccsc1)NCc1ccc(F)c(C)c1.I. The van der Waals surface area contributed by atoms with Crippen molar-refractivity contribution in [2.45, 2.75) is 20.0 Å². The zero-order valence-corrected chi connectivity index (χ0v) is 15.2. The maximum Gasteiger partial charge on any atom is 0.191 e. The number of aliphatic imine (C=N–C) groups is 1. The Morgan fingerprint density at radius 1 is 1.19 bits per heavy atom. The molecule has 0 unspecified atom stereocenters. The van der Waals surface area contributed by atoms with Crippen LogP contribution in [0.25, 0.3) is 0 Å². The van der Waals surface area contributed by atoms with Gasteiger partial charge in [0.25, 0.3) is 0 Å². The van der Waals surface area contributed by atoms with E-state index in [0.717, 1.165) is 18.1 Å². The zero-order valence-electron chi connectivity index (χ0n) is 12.0. The molecule has 1 heterocycles. The standard InChI is InChI=1S/C15H18FN3S.HI/c1-11-7-12(3-4-14(11)16)8-18-15(17-2)19-9-13-5-6-20-10-13;/h3-7,10H,8-9H2,1-2H3,(H2,17,18,19);1H. The van der Waals surface area contributed by atoms with Crippen LogP contribution in [-0.2, 0) is 13.1 Å². The lowest BCUT2D eigenvalue weighted by Crippen LogP contribution is -2.36. The normalized spacial score (nSPS) is 10.9. The highest BCUT2D eigenvalue weighted by Crippen LogP contribution is 2.09. The van der Waals surface area contributed by atoms with E-state index < -0.39 is 0 Å². The van der Waals surface area contributed by atoms with E-state index in [4.69, 9.17) is 0 Å². The summed E-state index contributed by atoms with van der Waals surface area (Å²) in [5.74, 6) is 0.562. The molecule has 0 spiro atoms. The van der Waals surface area contributed by atoms with Gasteiger partial charge in [-0.3, -0.25) is 4.99 Å². The molecule has 2 aromatic rings.